The Kier molecular flexibility index (Phi) is 25.1. The number of rotatable bonds is 22. The van der Waals surface area contributed by atoms with Gasteiger partial charge in [0.1, 0.15) is 58.6 Å². The summed E-state index contributed by atoms with van der Waals surface area (Å²) < 4.78 is 16.7. The minimum absolute atomic E-state index is 0.00605. The summed E-state index contributed by atoms with van der Waals surface area (Å²) in [6, 6.07) is 6.64. The van der Waals surface area contributed by atoms with E-state index in [2.05, 4.69) is 36.8 Å². The lowest BCUT2D eigenvalue weighted by molar-refractivity contribution is -0.147. The Hall–Kier alpha value is -7.45. The number of β-amino-alcohol motifs (C(OH)–C–C–N with tert-alkyl or cyclic N) is 1. The maximum Gasteiger partial charge on any atom is 0.251 e. The first kappa shape index (κ1) is 69.0. The van der Waals surface area contributed by atoms with Crippen molar-refractivity contribution < 1.29 is 83.5 Å². The van der Waals surface area contributed by atoms with Crippen LogP contribution in [0.2, 0.25) is 0 Å². The van der Waals surface area contributed by atoms with Crippen molar-refractivity contribution in [3.05, 3.63) is 77.9 Å². The SMILES string of the molecule is COC(C)CCCCCOc1ccc(-c2nnc(-c3ccc(C(=O)NC4C[C@@H](O)CNC(=O)[C@@H]5[C@@H](O)[C@@H](C)CN5C(=O)[C@H]([C@H](O)CCN)NC(=O)[C@H]([C@H](O)Cc5ccc(O)c(OCCN)c5)NC(=O)[C@@H]5C[C@@H](O)CN5C(=O)[C@H]([C@@H](C)O)NC4=O)cc3)s2)cc1. The van der Waals surface area contributed by atoms with Crippen LogP contribution in [0, 0.1) is 5.92 Å². The normalized spacial score (nSPS) is 25.5. The number of hydrogen-bond donors (Lipinski definition) is 14. The molecule has 3 aliphatic rings. The smallest absolute Gasteiger partial charge is 0.251 e. The van der Waals surface area contributed by atoms with Gasteiger partial charge in [-0.1, -0.05) is 42.9 Å². The minimum atomic E-state index is -2.04. The zero-order chi connectivity index (χ0) is 64.6. The van der Waals surface area contributed by atoms with Crippen LogP contribution in [0.4, 0.5) is 0 Å². The highest BCUT2D eigenvalue weighted by Crippen LogP contribution is 2.33. The monoisotopic (exact) mass is 1260 g/mol. The summed E-state index contributed by atoms with van der Waals surface area (Å²) in [4.78, 5) is 103. The highest BCUT2D eigenvalue weighted by Gasteiger charge is 2.50. The molecule has 0 aliphatic carbocycles. The predicted molar refractivity (Wildman–Crippen MR) is 322 cm³/mol. The van der Waals surface area contributed by atoms with Crippen LogP contribution >= 0.6 is 11.3 Å². The van der Waals surface area contributed by atoms with Crippen LogP contribution in [0.25, 0.3) is 21.1 Å². The summed E-state index contributed by atoms with van der Waals surface area (Å²) >= 11 is 1.30. The first-order valence-corrected chi connectivity index (χ1v) is 30.6. The van der Waals surface area contributed by atoms with Gasteiger partial charge in [0, 0.05) is 75.2 Å². The van der Waals surface area contributed by atoms with Gasteiger partial charge in [-0.15, -0.1) is 10.2 Å². The number of nitrogens with zero attached hydrogens (tertiary/aromatic N) is 4. The largest absolute Gasteiger partial charge is 0.504 e. The molecule has 4 heterocycles. The van der Waals surface area contributed by atoms with E-state index in [0.29, 0.717) is 22.2 Å². The molecule has 0 bridgehead atoms. The molecular weight excluding hydrogens is 1180 g/mol. The first-order chi connectivity index (χ1) is 42.5. The molecule has 7 rings (SSSR count). The van der Waals surface area contributed by atoms with E-state index in [9.17, 15) is 69.3 Å². The van der Waals surface area contributed by atoms with E-state index in [1.54, 1.807) is 19.2 Å². The molecule has 14 atom stereocenters. The van der Waals surface area contributed by atoms with Crippen molar-refractivity contribution in [2.75, 3.05) is 53.0 Å². The van der Waals surface area contributed by atoms with Crippen molar-refractivity contribution >= 4 is 52.7 Å². The molecule has 0 saturated carbocycles. The number of aromatic hydroxyl groups is 1. The number of phenols is 1. The lowest BCUT2D eigenvalue weighted by Gasteiger charge is -2.34. The van der Waals surface area contributed by atoms with Gasteiger partial charge in [-0.2, -0.15) is 0 Å². The van der Waals surface area contributed by atoms with Gasteiger partial charge in [0.25, 0.3) is 5.91 Å². The fourth-order valence-electron chi connectivity index (χ4n) is 10.8. The van der Waals surface area contributed by atoms with Gasteiger partial charge in [0.2, 0.25) is 35.4 Å². The number of ether oxygens (including phenoxy) is 3. The fourth-order valence-corrected chi connectivity index (χ4v) is 11.6. The molecule has 2 unspecified atom stereocenters. The van der Waals surface area contributed by atoms with Gasteiger partial charge in [0.05, 0.1) is 49.3 Å². The molecule has 3 fully saturated rings. The maximum atomic E-state index is 14.7. The van der Waals surface area contributed by atoms with E-state index < -0.39 is 152 Å². The zero-order valence-corrected chi connectivity index (χ0v) is 50.9. The van der Waals surface area contributed by atoms with E-state index in [1.807, 2.05) is 31.2 Å². The van der Waals surface area contributed by atoms with Gasteiger partial charge in [-0.3, -0.25) is 33.6 Å². The van der Waals surface area contributed by atoms with Crippen molar-refractivity contribution in [2.24, 2.45) is 17.4 Å². The quantitative estimate of drug-likeness (QED) is 0.0386. The van der Waals surface area contributed by atoms with Crippen molar-refractivity contribution in [3.8, 4) is 38.4 Å². The van der Waals surface area contributed by atoms with Crippen LogP contribution in [0.3, 0.4) is 0 Å². The number of methoxy groups -OCH3 is 1. The summed E-state index contributed by atoms with van der Waals surface area (Å²) in [5.41, 5.74) is 13.1. The molecule has 3 saturated heterocycles. The molecule has 3 aliphatic heterocycles. The van der Waals surface area contributed by atoms with E-state index >= 15 is 0 Å². The lowest BCUT2D eigenvalue weighted by Crippen LogP contribution is -2.64. The summed E-state index contributed by atoms with van der Waals surface area (Å²) in [7, 11) is 1.70. The number of nitrogens with two attached hydrogens (primary N) is 2. The number of amides is 7. The van der Waals surface area contributed by atoms with E-state index in [1.165, 1.54) is 48.6 Å². The molecule has 0 radical (unpaired) electrons. The molecule has 1 aromatic heterocycles. The number of hydrogen-bond acceptors (Lipinski definition) is 22. The number of aliphatic hydroxyl groups excluding tert-OH is 6. The Morgan fingerprint density at radius 3 is 2.02 bits per heavy atom. The van der Waals surface area contributed by atoms with Crippen LogP contribution in [0.15, 0.2) is 66.7 Å². The third kappa shape index (κ3) is 18.1. The second kappa shape index (κ2) is 32.3. The molecule has 28 nitrogen and oxygen atoms in total. The van der Waals surface area contributed by atoms with Crippen LogP contribution in [-0.4, -0.2) is 229 Å². The first-order valence-electron chi connectivity index (χ1n) is 29.8. The molecule has 3 aromatic carbocycles. The molecular formula is C60H83N11O17S. The number of nitrogens with one attached hydrogen (secondary N) is 5. The number of phenolic OH excluding ortho intramolecular Hbond substituents is 1. The van der Waals surface area contributed by atoms with Gasteiger partial charge in [0.15, 0.2) is 11.5 Å². The topological polar surface area (TPSA) is 433 Å². The van der Waals surface area contributed by atoms with Crippen molar-refractivity contribution in [3.63, 3.8) is 0 Å². The number of benzene rings is 3. The van der Waals surface area contributed by atoms with Gasteiger partial charge < -0.3 is 97.8 Å². The highest BCUT2D eigenvalue weighted by atomic mass is 32.1. The Morgan fingerprint density at radius 1 is 0.719 bits per heavy atom. The Balaban J connectivity index is 1.15. The van der Waals surface area contributed by atoms with Crippen LogP contribution in [0.5, 0.6) is 17.2 Å². The number of fused-ring (bicyclic) bond motifs is 2. The second-order valence-electron chi connectivity index (χ2n) is 22.8. The summed E-state index contributed by atoms with van der Waals surface area (Å²) in [6.07, 6.45) is -7.67. The van der Waals surface area contributed by atoms with Crippen molar-refractivity contribution in [2.45, 2.75) is 151 Å². The number of aliphatic hydroxyl groups is 6. The molecule has 7 amide bonds. The molecule has 0 spiro atoms. The molecule has 16 N–H and O–H groups in total. The number of unbranched alkanes of at least 4 members (excludes halogenated alkanes) is 2. The standard InChI is InChI=1S/C60H83N11O17S/c1-31-29-71-50(51(31)78)56(83)63-28-38(73)26-41(64-52(79)35-10-12-36(13-11-35)57-68-69-58(89-57)37-14-16-40(17-15-37)87-22-7-5-6-8-32(2)86-4)53(80)65-47(33(3)72)59(84)70-30-39(74)27-42(70)54(81)66-48(55(82)67-49(60(71)85)44(76)19-20-61)45(77)24-34-9-18-43(75)46(25-34)88-23-21-62/h9-18,25,31-33,38-39,41-42,44-45,47-51,72-78H,5-8,19-24,26-30,61-62H2,1-4H3,(H,63,83)(H,64,79)(H,65,80)(H,66,81)(H,67,82)/t31-,32?,33+,38+,39+,41?,42-,44+,45+,47-,48-,49-,50-,51-/m0/s1. The zero-order valence-electron chi connectivity index (χ0n) is 50.1. The average molecular weight is 1260 g/mol. The number of carbonyl (C=O) groups excluding carboxylic acids is 7. The third-order valence-electron chi connectivity index (χ3n) is 15.9. The fraction of sp³-hybridized carbons (Fsp3) is 0.550. The summed E-state index contributed by atoms with van der Waals surface area (Å²) in [5.74, 6) is -7.96. The Morgan fingerprint density at radius 2 is 1.37 bits per heavy atom. The molecule has 29 heteroatoms. The van der Waals surface area contributed by atoms with Gasteiger partial charge in [-0.05, 0) is 100 Å². The summed E-state index contributed by atoms with van der Waals surface area (Å²) in [6.45, 7) is 3.68. The van der Waals surface area contributed by atoms with Gasteiger partial charge in [-0.25, -0.2) is 0 Å². The number of carbonyl (C=O) groups is 7. The van der Waals surface area contributed by atoms with E-state index in [-0.39, 0.29) is 61.4 Å². The third-order valence-corrected chi connectivity index (χ3v) is 16.9. The Labute approximate surface area is 518 Å². The molecule has 486 valence electrons. The minimum Gasteiger partial charge on any atom is -0.504 e. The van der Waals surface area contributed by atoms with E-state index in [0.717, 1.165) is 53.7 Å². The summed E-state index contributed by atoms with van der Waals surface area (Å²) in [5, 5.41) is 101. The van der Waals surface area contributed by atoms with Crippen LogP contribution in [-0.2, 0) is 39.9 Å². The highest BCUT2D eigenvalue weighted by molar-refractivity contribution is 7.17. The number of aromatic nitrogens is 2. The molecule has 89 heavy (non-hydrogen) atoms. The maximum absolute atomic E-state index is 14.7. The van der Waals surface area contributed by atoms with E-state index in [4.69, 9.17) is 25.7 Å². The van der Waals surface area contributed by atoms with Gasteiger partial charge >= 0.3 is 0 Å². The predicted octanol–water partition coefficient (Wildman–Crippen LogP) is -1.81. The lowest BCUT2D eigenvalue weighted by atomic mass is 9.98. The Bertz CT molecular complexity index is 3050. The second-order valence-corrected chi connectivity index (χ2v) is 23.8. The van der Waals surface area contributed by atoms with Crippen LogP contribution in [0.1, 0.15) is 81.6 Å². The van der Waals surface area contributed by atoms with Crippen molar-refractivity contribution in [1.29, 1.82) is 0 Å². The van der Waals surface area contributed by atoms with Crippen LogP contribution < -0.4 is 47.5 Å². The van der Waals surface area contributed by atoms with Crippen molar-refractivity contribution in [1.82, 2.24) is 46.6 Å². The molecule has 4 aromatic rings. The average Bonchev–Trinajstić information content (AvgIpc) is 2.37.